The van der Waals surface area contributed by atoms with E-state index in [-0.39, 0.29) is 18.5 Å². The predicted molar refractivity (Wildman–Crippen MR) is 320 cm³/mol. The van der Waals surface area contributed by atoms with Crippen molar-refractivity contribution in [1.29, 1.82) is 0 Å². The average Bonchev–Trinajstić information content (AvgIpc) is 3.39. The quantitative estimate of drug-likeness (QED) is 0.0417. The van der Waals surface area contributed by atoms with Gasteiger partial charge in [-0.05, 0) is 25.7 Å². The fourth-order valence-electron chi connectivity index (χ4n) is 11.0. The van der Waals surface area contributed by atoms with Crippen molar-refractivity contribution in [2.75, 3.05) is 13.2 Å². The summed E-state index contributed by atoms with van der Waals surface area (Å²) >= 11 is 0. The Balaban J connectivity index is 3.28. The van der Waals surface area contributed by atoms with Crippen molar-refractivity contribution in [3.63, 3.8) is 0 Å². The van der Waals surface area contributed by atoms with Crippen molar-refractivity contribution in [3.05, 3.63) is 0 Å². The number of esters is 1. The fraction of sp³-hybridized carbons (Fsp3) is 0.970. The SMILES string of the molecule is CCCCCCCCCCCCCCCCCCCCC(=O)OCCCCCCCCCCCCCCCCCCCCCCCCCCCCCCC(=O)NC(CO)C(O)CCCCCCCCCCCC. The fourth-order valence-corrected chi connectivity index (χ4v) is 11.0. The Bertz CT molecular complexity index is 1050. The lowest BCUT2D eigenvalue weighted by Gasteiger charge is -2.22. The van der Waals surface area contributed by atoms with Gasteiger partial charge >= 0.3 is 5.97 Å². The molecule has 0 saturated heterocycles. The van der Waals surface area contributed by atoms with Crippen LogP contribution in [0, 0.1) is 0 Å². The van der Waals surface area contributed by atoms with Crippen LogP contribution in [0.15, 0.2) is 0 Å². The molecular weight excluding hydrogens is 899 g/mol. The van der Waals surface area contributed by atoms with E-state index in [9.17, 15) is 19.8 Å². The molecule has 1 amide bonds. The molecule has 2 atom stereocenters. The van der Waals surface area contributed by atoms with E-state index in [0.29, 0.717) is 25.9 Å². The number of carbonyl (C=O) groups excluding carboxylic acids is 2. The highest BCUT2D eigenvalue weighted by atomic mass is 16.5. The second-order valence-electron chi connectivity index (χ2n) is 23.5. The minimum Gasteiger partial charge on any atom is -0.466 e. The highest BCUT2D eigenvalue weighted by molar-refractivity contribution is 5.76. The van der Waals surface area contributed by atoms with Crippen LogP contribution in [0.25, 0.3) is 0 Å². The van der Waals surface area contributed by atoms with Gasteiger partial charge in [0.05, 0.1) is 25.4 Å². The van der Waals surface area contributed by atoms with E-state index in [4.69, 9.17) is 4.74 Å². The molecule has 0 aliphatic rings. The molecule has 0 aromatic carbocycles. The summed E-state index contributed by atoms with van der Waals surface area (Å²) in [6.07, 6.45) is 75.8. The molecule has 0 aliphatic carbocycles. The molecule has 0 saturated carbocycles. The molecule has 0 aromatic heterocycles. The Labute approximate surface area is 457 Å². The van der Waals surface area contributed by atoms with Gasteiger partial charge in [-0.25, -0.2) is 0 Å². The monoisotopic (exact) mass is 1030 g/mol. The van der Waals surface area contributed by atoms with Gasteiger partial charge in [0, 0.05) is 12.8 Å². The molecule has 0 heterocycles. The minimum absolute atomic E-state index is 0.0242. The predicted octanol–water partition coefficient (Wildman–Crippen LogP) is 21.4. The van der Waals surface area contributed by atoms with E-state index < -0.39 is 12.1 Å². The lowest BCUT2D eigenvalue weighted by molar-refractivity contribution is -0.143. The highest BCUT2D eigenvalue weighted by Gasteiger charge is 2.20. The van der Waals surface area contributed by atoms with Crippen LogP contribution in [0.5, 0.6) is 0 Å². The summed E-state index contributed by atoms with van der Waals surface area (Å²) in [5.41, 5.74) is 0. The van der Waals surface area contributed by atoms with Crippen LogP contribution in [-0.2, 0) is 14.3 Å². The standard InChI is InChI=1S/C67H133NO5/c1-3-5-7-9-11-13-15-16-17-18-32-35-38-41-45-49-53-57-61-67(72)73-62-58-54-50-46-42-39-36-33-30-28-26-24-22-20-19-21-23-25-27-29-31-34-37-40-44-48-52-56-60-66(71)68-64(63-69)65(70)59-55-51-47-43-14-12-10-8-6-4-2/h64-65,69-70H,3-63H2,1-2H3,(H,68,71). The number of nitrogens with one attached hydrogen (secondary N) is 1. The molecular formula is C67H133NO5. The summed E-state index contributed by atoms with van der Waals surface area (Å²) in [4.78, 5) is 24.5. The van der Waals surface area contributed by atoms with Crippen LogP contribution in [0.3, 0.4) is 0 Å². The first-order chi connectivity index (χ1) is 36.0. The number of hydrogen-bond acceptors (Lipinski definition) is 5. The van der Waals surface area contributed by atoms with Crippen molar-refractivity contribution >= 4 is 11.9 Å². The van der Waals surface area contributed by atoms with Crippen LogP contribution in [0.4, 0.5) is 0 Å². The summed E-state index contributed by atoms with van der Waals surface area (Å²) in [6.45, 7) is 4.98. The van der Waals surface area contributed by atoms with Gasteiger partial charge in [0.15, 0.2) is 0 Å². The molecule has 0 fully saturated rings. The Hall–Kier alpha value is -1.14. The third kappa shape index (κ3) is 60.0. The second kappa shape index (κ2) is 63.4. The molecule has 0 aromatic rings. The van der Waals surface area contributed by atoms with Crippen molar-refractivity contribution in [2.24, 2.45) is 0 Å². The number of aliphatic hydroxyl groups is 2. The maximum Gasteiger partial charge on any atom is 0.305 e. The molecule has 0 bridgehead atoms. The number of ether oxygens (including phenoxy) is 1. The van der Waals surface area contributed by atoms with E-state index in [2.05, 4.69) is 19.2 Å². The Morgan fingerprint density at radius 2 is 0.562 bits per heavy atom. The molecule has 0 rings (SSSR count). The van der Waals surface area contributed by atoms with Gasteiger partial charge in [0.25, 0.3) is 0 Å². The summed E-state index contributed by atoms with van der Waals surface area (Å²) < 4.78 is 5.51. The van der Waals surface area contributed by atoms with E-state index in [1.54, 1.807) is 0 Å². The van der Waals surface area contributed by atoms with Gasteiger partial charge in [-0.15, -0.1) is 0 Å². The van der Waals surface area contributed by atoms with Crippen molar-refractivity contribution < 1.29 is 24.5 Å². The number of hydrogen-bond donors (Lipinski definition) is 3. The van der Waals surface area contributed by atoms with E-state index in [1.807, 2.05) is 0 Å². The summed E-state index contributed by atoms with van der Waals surface area (Å²) in [6, 6.07) is -0.536. The van der Waals surface area contributed by atoms with Gasteiger partial charge < -0.3 is 20.3 Å². The third-order valence-corrected chi connectivity index (χ3v) is 16.2. The minimum atomic E-state index is -0.659. The van der Waals surface area contributed by atoms with Gasteiger partial charge in [-0.2, -0.15) is 0 Å². The molecule has 73 heavy (non-hydrogen) atoms. The number of unbranched alkanes of at least 4 members (excludes halogenated alkanes) is 53. The second-order valence-corrected chi connectivity index (χ2v) is 23.5. The van der Waals surface area contributed by atoms with Gasteiger partial charge in [-0.1, -0.05) is 354 Å². The Morgan fingerprint density at radius 1 is 0.329 bits per heavy atom. The summed E-state index contributed by atoms with van der Waals surface area (Å²) in [5.74, 6) is -0.00686. The smallest absolute Gasteiger partial charge is 0.305 e. The van der Waals surface area contributed by atoms with Crippen LogP contribution < -0.4 is 5.32 Å². The molecule has 436 valence electrons. The van der Waals surface area contributed by atoms with E-state index >= 15 is 0 Å². The van der Waals surface area contributed by atoms with Crippen molar-refractivity contribution in [2.45, 2.75) is 405 Å². The molecule has 6 heteroatoms. The zero-order valence-corrected chi connectivity index (χ0v) is 49.9. The molecule has 6 nitrogen and oxygen atoms in total. The van der Waals surface area contributed by atoms with E-state index in [0.717, 1.165) is 38.5 Å². The van der Waals surface area contributed by atoms with Crippen LogP contribution in [0.1, 0.15) is 393 Å². The Kier molecular flexibility index (Phi) is 62.4. The molecule has 0 spiro atoms. The lowest BCUT2D eigenvalue weighted by atomic mass is 10.0. The van der Waals surface area contributed by atoms with E-state index in [1.165, 1.54) is 321 Å². The summed E-state index contributed by atoms with van der Waals surface area (Å²) in [7, 11) is 0. The molecule has 3 N–H and O–H groups in total. The zero-order valence-electron chi connectivity index (χ0n) is 49.9. The van der Waals surface area contributed by atoms with Gasteiger partial charge in [0.2, 0.25) is 5.91 Å². The van der Waals surface area contributed by atoms with Crippen LogP contribution in [0.2, 0.25) is 0 Å². The van der Waals surface area contributed by atoms with Crippen molar-refractivity contribution in [1.82, 2.24) is 5.32 Å². The first-order valence-corrected chi connectivity index (χ1v) is 33.8. The highest BCUT2D eigenvalue weighted by Crippen LogP contribution is 2.19. The summed E-state index contributed by atoms with van der Waals surface area (Å²) in [5, 5.41) is 23.2. The average molecular weight is 1030 g/mol. The topological polar surface area (TPSA) is 95.9 Å². The first-order valence-electron chi connectivity index (χ1n) is 33.8. The van der Waals surface area contributed by atoms with Crippen LogP contribution >= 0.6 is 0 Å². The largest absolute Gasteiger partial charge is 0.466 e. The first kappa shape index (κ1) is 71.9. The number of amides is 1. The zero-order chi connectivity index (χ0) is 52.9. The number of carbonyl (C=O) groups is 2. The Morgan fingerprint density at radius 3 is 0.836 bits per heavy atom. The third-order valence-electron chi connectivity index (χ3n) is 16.2. The maximum absolute atomic E-state index is 12.4. The maximum atomic E-state index is 12.4. The number of rotatable bonds is 64. The van der Waals surface area contributed by atoms with Gasteiger partial charge in [0.1, 0.15) is 0 Å². The van der Waals surface area contributed by atoms with Gasteiger partial charge in [-0.3, -0.25) is 9.59 Å². The van der Waals surface area contributed by atoms with Crippen LogP contribution in [-0.4, -0.2) is 47.4 Å². The van der Waals surface area contributed by atoms with Crippen molar-refractivity contribution in [3.8, 4) is 0 Å². The molecule has 0 radical (unpaired) electrons. The number of aliphatic hydroxyl groups excluding tert-OH is 2. The molecule has 0 aliphatic heterocycles. The normalized spacial score (nSPS) is 12.4. The molecule has 2 unspecified atom stereocenters. The lowest BCUT2D eigenvalue weighted by Crippen LogP contribution is -2.45.